The summed E-state index contributed by atoms with van der Waals surface area (Å²) < 4.78 is 14.0. The molecule has 0 amide bonds. The van der Waals surface area contributed by atoms with Crippen LogP contribution in [0.3, 0.4) is 0 Å². The number of para-hydroxylation sites is 1. The van der Waals surface area contributed by atoms with Crippen molar-refractivity contribution in [2.45, 2.75) is 13.8 Å². The number of pyridine rings is 1. The lowest BCUT2D eigenvalue weighted by molar-refractivity contribution is 0.609. The number of nitrogens with zero attached hydrogens (tertiary/aromatic N) is 1. The average Bonchev–Trinajstić information content (AvgIpc) is 2.65. The van der Waals surface area contributed by atoms with Crippen LogP contribution in [-0.4, -0.2) is 4.98 Å². The van der Waals surface area contributed by atoms with E-state index in [1.165, 1.54) is 0 Å². The molecule has 4 rings (SSSR count). The Labute approximate surface area is 146 Å². The summed E-state index contributed by atoms with van der Waals surface area (Å²) >= 11 is 0. The van der Waals surface area contributed by atoms with E-state index in [1.807, 2.05) is 48.5 Å². The Morgan fingerprint density at radius 3 is 2.08 bits per heavy atom. The maximum Gasteiger partial charge on any atom is 0.129 e. The minimum Gasteiger partial charge on any atom is -0.248 e. The summed E-state index contributed by atoms with van der Waals surface area (Å²) in [6.07, 6.45) is 0. The molecule has 4 aromatic rings. The van der Waals surface area contributed by atoms with Crippen LogP contribution in [0, 0.1) is 19.7 Å². The molecule has 0 radical (unpaired) electrons. The van der Waals surface area contributed by atoms with Gasteiger partial charge in [0.25, 0.3) is 0 Å². The van der Waals surface area contributed by atoms with Gasteiger partial charge in [-0.15, -0.1) is 0 Å². The molecule has 0 N–H and O–H groups in total. The van der Waals surface area contributed by atoms with Crippen molar-refractivity contribution in [3.63, 3.8) is 0 Å². The molecule has 0 spiro atoms. The minimum absolute atomic E-state index is 0.146. The fourth-order valence-corrected chi connectivity index (χ4v) is 3.27. The molecule has 0 unspecified atom stereocenters. The second kappa shape index (κ2) is 6.14. The Bertz CT molecular complexity index is 1040. The second-order valence-electron chi connectivity index (χ2n) is 6.36. The largest absolute Gasteiger partial charge is 0.248 e. The van der Waals surface area contributed by atoms with Crippen molar-refractivity contribution >= 4 is 10.9 Å². The van der Waals surface area contributed by atoms with Gasteiger partial charge in [-0.25, -0.2) is 9.37 Å². The Balaban J connectivity index is 2.01. The first-order valence-corrected chi connectivity index (χ1v) is 8.36. The van der Waals surface area contributed by atoms with Crippen molar-refractivity contribution < 1.29 is 4.39 Å². The molecule has 0 aliphatic heterocycles. The van der Waals surface area contributed by atoms with E-state index >= 15 is 0 Å². The van der Waals surface area contributed by atoms with Crippen LogP contribution in [0.5, 0.6) is 0 Å². The monoisotopic (exact) mass is 327 g/mol. The highest BCUT2D eigenvalue weighted by atomic mass is 19.1. The van der Waals surface area contributed by atoms with E-state index in [0.717, 1.165) is 33.3 Å². The average molecular weight is 327 g/mol. The van der Waals surface area contributed by atoms with E-state index in [4.69, 9.17) is 4.98 Å². The lowest BCUT2D eigenvalue weighted by Crippen LogP contribution is -1.93. The topological polar surface area (TPSA) is 12.9 Å². The van der Waals surface area contributed by atoms with E-state index in [0.29, 0.717) is 11.1 Å². The van der Waals surface area contributed by atoms with Gasteiger partial charge >= 0.3 is 0 Å². The standard InChI is InChI=1S/C23H18FN/c1-15-12-18(13-16(2)23(15)24)22-14-20(17-8-4-3-5-9-17)19-10-6-7-11-21(19)25-22/h3-14H,1-2H3. The summed E-state index contributed by atoms with van der Waals surface area (Å²) in [4.78, 5) is 4.82. The van der Waals surface area contributed by atoms with Gasteiger partial charge in [0.15, 0.2) is 0 Å². The van der Waals surface area contributed by atoms with E-state index in [2.05, 4.69) is 24.3 Å². The van der Waals surface area contributed by atoms with Crippen molar-refractivity contribution in [2.75, 3.05) is 0 Å². The molecule has 0 aliphatic rings. The molecule has 1 nitrogen and oxygen atoms in total. The zero-order chi connectivity index (χ0) is 17.4. The number of aromatic nitrogens is 1. The lowest BCUT2D eigenvalue weighted by Gasteiger charge is -2.12. The summed E-state index contributed by atoms with van der Waals surface area (Å²) in [7, 11) is 0. The Morgan fingerprint density at radius 1 is 0.720 bits per heavy atom. The van der Waals surface area contributed by atoms with Crippen molar-refractivity contribution in [1.29, 1.82) is 0 Å². The van der Waals surface area contributed by atoms with Gasteiger partial charge in [0, 0.05) is 10.9 Å². The third-order valence-electron chi connectivity index (χ3n) is 4.53. The summed E-state index contributed by atoms with van der Waals surface area (Å²) in [5.74, 6) is -0.146. The number of fused-ring (bicyclic) bond motifs is 1. The first-order chi connectivity index (χ1) is 12.1. The van der Waals surface area contributed by atoms with Crippen LogP contribution in [-0.2, 0) is 0 Å². The molecule has 1 aromatic heterocycles. The Morgan fingerprint density at radius 2 is 1.36 bits per heavy atom. The number of rotatable bonds is 2. The van der Waals surface area contributed by atoms with Crippen molar-refractivity contribution in [3.8, 4) is 22.4 Å². The van der Waals surface area contributed by atoms with Crippen molar-refractivity contribution in [3.05, 3.63) is 89.7 Å². The van der Waals surface area contributed by atoms with Crippen LogP contribution in [0.15, 0.2) is 72.8 Å². The van der Waals surface area contributed by atoms with Crippen LogP contribution < -0.4 is 0 Å². The predicted octanol–water partition coefficient (Wildman–Crippen LogP) is 6.32. The van der Waals surface area contributed by atoms with Crippen LogP contribution in [0.1, 0.15) is 11.1 Å². The SMILES string of the molecule is Cc1cc(-c2cc(-c3ccccc3)c3ccccc3n2)cc(C)c1F. The maximum absolute atomic E-state index is 14.0. The first kappa shape index (κ1) is 15.5. The molecule has 25 heavy (non-hydrogen) atoms. The predicted molar refractivity (Wildman–Crippen MR) is 102 cm³/mol. The van der Waals surface area contributed by atoms with Crippen LogP contribution in [0.2, 0.25) is 0 Å². The molecule has 0 aliphatic carbocycles. The third kappa shape index (κ3) is 2.80. The molecule has 0 saturated carbocycles. The molecule has 0 saturated heterocycles. The molecule has 122 valence electrons. The van der Waals surface area contributed by atoms with Gasteiger partial charge in [0.05, 0.1) is 11.2 Å². The summed E-state index contributed by atoms with van der Waals surface area (Å²) in [5, 5.41) is 1.12. The van der Waals surface area contributed by atoms with Crippen LogP contribution >= 0.6 is 0 Å². The quantitative estimate of drug-likeness (QED) is 0.419. The van der Waals surface area contributed by atoms with Gasteiger partial charge in [-0.2, -0.15) is 0 Å². The highest BCUT2D eigenvalue weighted by molar-refractivity contribution is 5.96. The summed E-state index contributed by atoms with van der Waals surface area (Å²) in [6.45, 7) is 3.59. The first-order valence-electron chi connectivity index (χ1n) is 8.36. The summed E-state index contributed by atoms with van der Waals surface area (Å²) in [5.41, 5.74) is 6.33. The van der Waals surface area contributed by atoms with Crippen molar-refractivity contribution in [1.82, 2.24) is 4.98 Å². The van der Waals surface area contributed by atoms with Gasteiger partial charge < -0.3 is 0 Å². The number of hydrogen-bond acceptors (Lipinski definition) is 1. The van der Waals surface area contributed by atoms with Crippen molar-refractivity contribution in [2.24, 2.45) is 0 Å². The molecule has 1 heterocycles. The Kier molecular flexibility index (Phi) is 3.81. The van der Waals surface area contributed by atoms with Crippen LogP contribution in [0.4, 0.5) is 4.39 Å². The van der Waals surface area contributed by atoms with Gasteiger partial charge in [0.1, 0.15) is 5.82 Å². The Hall–Kier alpha value is -3.00. The molecular weight excluding hydrogens is 309 g/mol. The summed E-state index contributed by atoms with van der Waals surface area (Å²) in [6, 6.07) is 24.3. The highest BCUT2D eigenvalue weighted by Crippen LogP contribution is 2.32. The van der Waals surface area contributed by atoms with Gasteiger partial charge in [-0.1, -0.05) is 48.5 Å². The van der Waals surface area contributed by atoms with Gasteiger partial charge in [-0.05, 0) is 60.4 Å². The molecule has 0 atom stereocenters. The molecule has 2 heteroatoms. The minimum atomic E-state index is -0.146. The molecule has 3 aromatic carbocycles. The zero-order valence-electron chi connectivity index (χ0n) is 14.3. The number of aryl methyl sites for hydroxylation is 2. The van der Waals surface area contributed by atoms with Crippen LogP contribution in [0.25, 0.3) is 33.3 Å². The van der Waals surface area contributed by atoms with E-state index in [1.54, 1.807) is 13.8 Å². The number of hydrogen-bond donors (Lipinski definition) is 0. The lowest BCUT2D eigenvalue weighted by atomic mass is 9.97. The molecule has 0 bridgehead atoms. The smallest absolute Gasteiger partial charge is 0.129 e. The van der Waals surface area contributed by atoms with Gasteiger partial charge in [0.2, 0.25) is 0 Å². The fourth-order valence-electron chi connectivity index (χ4n) is 3.27. The van der Waals surface area contributed by atoms with Gasteiger partial charge in [-0.3, -0.25) is 0 Å². The number of halogens is 1. The van der Waals surface area contributed by atoms with E-state index in [-0.39, 0.29) is 5.82 Å². The number of benzene rings is 3. The van der Waals surface area contributed by atoms with E-state index < -0.39 is 0 Å². The molecule has 0 fully saturated rings. The normalized spacial score (nSPS) is 11.0. The second-order valence-corrected chi connectivity index (χ2v) is 6.36. The molecular formula is C23H18FN. The zero-order valence-corrected chi connectivity index (χ0v) is 14.3. The maximum atomic E-state index is 14.0. The van der Waals surface area contributed by atoms with E-state index in [9.17, 15) is 4.39 Å². The fraction of sp³-hybridized carbons (Fsp3) is 0.0870. The highest BCUT2D eigenvalue weighted by Gasteiger charge is 2.11. The third-order valence-corrected chi connectivity index (χ3v) is 4.53.